The van der Waals surface area contributed by atoms with Crippen LogP contribution in [0.2, 0.25) is 0 Å². The molecule has 1 aromatic heterocycles. The monoisotopic (exact) mass is 337 g/mol. The molecule has 0 saturated carbocycles. The van der Waals surface area contributed by atoms with Crippen molar-refractivity contribution in [3.63, 3.8) is 0 Å². The zero-order chi connectivity index (χ0) is 17.2. The number of hydrogen-bond donors (Lipinski definition) is 1. The summed E-state index contributed by atoms with van der Waals surface area (Å²) < 4.78 is 19.6. The summed E-state index contributed by atoms with van der Waals surface area (Å²) in [7, 11) is 0. The summed E-state index contributed by atoms with van der Waals surface area (Å²) in [6.07, 6.45) is 1.58. The lowest BCUT2D eigenvalue weighted by Crippen LogP contribution is -2.28. The van der Waals surface area contributed by atoms with Crippen LogP contribution in [-0.4, -0.2) is 29.0 Å². The van der Waals surface area contributed by atoms with Crippen molar-refractivity contribution in [3.8, 4) is 11.3 Å². The minimum Gasteiger partial charge on any atom is -0.439 e. The standard InChI is InChI=1S/C20H20FN3O/c21-17-9-5-4-8-15(17)19-10-23-20(25-19)13-24-11-16(18(22)12-24)14-6-2-1-3-7-14/h1-10,16,18H,11-13,22H2/t16-,18+/m0/s1. The molecular formula is C20H20FN3O. The van der Waals surface area contributed by atoms with Gasteiger partial charge in [0.1, 0.15) is 5.82 Å². The lowest BCUT2D eigenvalue weighted by molar-refractivity contribution is 0.286. The van der Waals surface area contributed by atoms with Gasteiger partial charge in [-0.25, -0.2) is 9.37 Å². The number of oxazole rings is 1. The number of nitrogens with zero attached hydrogens (tertiary/aromatic N) is 2. The zero-order valence-corrected chi connectivity index (χ0v) is 13.8. The Morgan fingerprint density at radius 1 is 1.08 bits per heavy atom. The van der Waals surface area contributed by atoms with E-state index in [0.29, 0.717) is 29.7 Å². The summed E-state index contributed by atoms with van der Waals surface area (Å²) in [5.41, 5.74) is 8.02. The van der Waals surface area contributed by atoms with Gasteiger partial charge in [-0.15, -0.1) is 0 Å². The molecule has 2 N–H and O–H groups in total. The number of likely N-dealkylation sites (tertiary alicyclic amines) is 1. The molecule has 0 radical (unpaired) electrons. The van der Waals surface area contributed by atoms with E-state index in [1.807, 2.05) is 18.2 Å². The SMILES string of the molecule is N[C@@H]1CN(Cc2ncc(-c3ccccc3F)o2)C[C@H]1c1ccccc1. The van der Waals surface area contributed by atoms with Crippen LogP contribution in [0.5, 0.6) is 0 Å². The van der Waals surface area contributed by atoms with Crippen molar-refractivity contribution in [3.05, 3.63) is 78.1 Å². The van der Waals surface area contributed by atoms with Crippen molar-refractivity contribution in [2.45, 2.75) is 18.5 Å². The first-order chi connectivity index (χ1) is 12.2. The summed E-state index contributed by atoms with van der Waals surface area (Å²) in [6, 6.07) is 17.0. The molecule has 2 atom stereocenters. The van der Waals surface area contributed by atoms with Gasteiger partial charge >= 0.3 is 0 Å². The Bertz CT molecular complexity index is 849. The Morgan fingerprint density at radius 2 is 1.84 bits per heavy atom. The van der Waals surface area contributed by atoms with Gasteiger partial charge in [-0.3, -0.25) is 4.90 Å². The summed E-state index contributed by atoms with van der Waals surface area (Å²) in [5, 5.41) is 0. The van der Waals surface area contributed by atoms with Gasteiger partial charge in [-0.2, -0.15) is 0 Å². The van der Waals surface area contributed by atoms with Gasteiger partial charge in [0.2, 0.25) is 5.89 Å². The van der Waals surface area contributed by atoms with E-state index in [4.69, 9.17) is 10.2 Å². The molecule has 25 heavy (non-hydrogen) atoms. The van der Waals surface area contributed by atoms with Crippen LogP contribution >= 0.6 is 0 Å². The van der Waals surface area contributed by atoms with Crippen LogP contribution in [0, 0.1) is 5.82 Å². The zero-order valence-electron chi connectivity index (χ0n) is 13.8. The van der Waals surface area contributed by atoms with Crippen LogP contribution in [0.25, 0.3) is 11.3 Å². The Balaban J connectivity index is 1.46. The minimum atomic E-state index is -0.308. The van der Waals surface area contributed by atoms with E-state index in [1.165, 1.54) is 11.6 Å². The van der Waals surface area contributed by atoms with Crippen LogP contribution in [0.1, 0.15) is 17.4 Å². The highest BCUT2D eigenvalue weighted by molar-refractivity contribution is 5.56. The van der Waals surface area contributed by atoms with Crippen molar-refractivity contribution in [1.29, 1.82) is 0 Å². The topological polar surface area (TPSA) is 55.3 Å². The molecule has 2 heterocycles. The lowest BCUT2D eigenvalue weighted by atomic mass is 9.95. The highest BCUT2D eigenvalue weighted by Gasteiger charge is 2.31. The number of nitrogens with two attached hydrogens (primary N) is 1. The predicted octanol–water partition coefficient (Wildman–Crippen LogP) is 3.41. The van der Waals surface area contributed by atoms with E-state index in [0.717, 1.165) is 13.1 Å². The fourth-order valence-electron chi connectivity index (χ4n) is 3.46. The molecule has 4 rings (SSSR count). The first-order valence-corrected chi connectivity index (χ1v) is 8.43. The molecule has 5 heteroatoms. The van der Waals surface area contributed by atoms with Gasteiger partial charge in [-0.1, -0.05) is 42.5 Å². The molecule has 3 aromatic rings. The lowest BCUT2D eigenvalue weighted by Gasteiger charge is -2.14. The Hall–Kier alpha value is -2.50. The molecule has 0 bridgehead atoms. The van der Waals surface area contributed by atoms with Crippen molar-refractivity contribution < 1.29 is 8.81 Å². The van der Waals surface area contributed by atoms with Crippen molar-refractivity contribution >= 4 is 0 Å². The van der Waals surface area contributed by atoms with Crippen LogP contribution in [0.15, 0.2) is 65.2 Å². The van der Waals surface area contributed by atoms with Crippen LogP contribution < -0.4 is 5.73 Å². The van der Waals surface area contributed by atoms with E-state index >= 15 is 0 Å². The third kappa shape index (κ3) is 3.34. The van der Waals surface area contributed by atoms with Gasteiger partial charge in [0.05, 0.1) is 18.3 Å². The summed E-state index contributed by atoms with van der Waals surface area (Å²) in [5.74, 6) is 1.04. The van der Waals surface area contributed by atoms with Gasteiger partial charge < -0.3 is 10.2 Å². The van der Waals surface area contributed by atoms with E-state index in [-0.39, 0.29) is 11.9 Å². The number of rotatable bonds is 4. The molecule has 0 unspecified atom stereocenters. The third-order valence-corrected chi connectivity index (χ3v) is 4.72. The Labute approximate surface area is 146 Å². The molecule has 4 nitrogen and oxygen atoms in total. The van der Waals surface area contributed by atoms with Crippen molar-refractivity contribution in [2.24, 2.45) is 5.73 Å². The molecule has 0 aliphatic carbocycles. The van der Waals surface area contributed by atoms with Crippen LogP contribution in [0.4, 0.5) is 4.39 Å². The minimum absolute atomic E-state index is 0.0865. The van der Waals surface area contributed by atoms with Crippen LogP contribution in [-0.2, 0) is 6.54 Å². The van der Waals surface area contributed by atoms with Crippen molar-refractivity contribution in [1.82, 2.24) is 9.88 Å². The molecule has 1 saturated heterocycles. The highest BCUT2D eigenvalue weighted by Crippen LogP contribution is 2.28. The quantitative estimate of drug-likeness (QED) is 0.793. The van der Waals surface area contributed by atoms with E-state index < -0.39 is 0 Å². The molecule has 1 aliphatic rings. The van der Waals surface area contributed by atoms with Gasteiger partial charge in [0.15, 0.2) is 5.76 Å². The number of halogens is 1. The van der Waals surface area contributed by atoms with E-state index in [1.54, 1.807) is 24.4 Å². The Kier molecular flexibility index (Phi) is 4.34. The second-order valence-electron chi connectivity index (χ2n) is 6.47. The number of hydrogen-bond acceptors (Lipinski definition) is 4. The molecule has 128 valence electrons. The first kappa shape index (κ1) is 16.0. The molecule has 0 spiro atoms. The van der Waals surface area contributed by atoms with Crippen LogP contribution in [0.3, 0.4) is 0 Å². The predicted molar refractivity (Wildman–Crippen MR) is 94.3 cm³/mol. The fourth-order valence-corrected chi connectivity index (χ4v) is 3.46. The molecule has 0 amide bonds. The normalized spacial score (nSPS) is 20.9. The summed E-state index contributed by atoms with van der Waals surface area (Å²) in [4.78, 5) is 6.54. The molecule has 1 fully saturated rings. The van der Waals surface area contributed by atoms with E-state index in [9.17, 15) is 4.39 Å². The third-order valence-electron chi connectivity index (χ3n) is 4.72. The van der Waals surface area contributed by atoms with Gasteiger partial charge in [-0.05, 0) is 17.7 Å². The highest BCUT2D eigenvalue weighted by atomic mass is 19.1. The second kappa shape index (κ2) is 6.78. The van der Waals surface area contributed by atoms with Gasteiger partial charge in [0.25, 0.3) is 0 Å². The fraction of sp³-hybridized carbons (Fsp3) is 0.250. The van der Waals surface area contributed by atoms with Crippen molar-refractivity contribution in [2.75, 3.05) is 13.1 Å². The average Bonchev–Trinajstić information content (AvgIpc) is 3.23. The van der Waals surface area contributed by atoms with E-state index in [2.05, 4.69) is 22.0 Å². The summed E-state index contributed by atoms with van der Waals surface area (Å²) in [6.45, 7) is 2.23. The molecule has 1 aliphatic heterocycles. The molecular weight excluding hydrogens is 317 g/mol. The maximum atomic E-state index is 13.9. The first-order valence-electron chi connectivity index (χ1n) is 8.43. The maximum absolute atomic E-state index is 13.9. The smallest absolute Gasteiger partial charge is 0.209 e. The second-order valence-corrected chi connectivity index (χ2v) is 6.47. The maximum Gasteiger partial charge on any atom is 0.209 e. The molecule has 2 aromatic carbocycles. The van der Waals surface area contributed by atoms with Gasteiger partial charge in [0, 0.05) is 25.0 Å². The Morgan fingerprint density at radius 3 is 2.64 bits per heavy atom. The summed E-state index contributed by atoms with van der Waals surface area (Å²) >= 11 is 0. The average molecular weight is 337 g/mol. The largest absolute Gasteiger partial charge is 0.439 e. The number of aromatic nitrogens is 1. The number of benzene rings is 2.